The largest absolute Gasteiger partial charge is 0.340 e. The molecule has 0 aromatic carbocycles. The number of nitrogens with one attached hydrogen (secondary N) is 2. The molecule has 0 aliphatic heterocycles. The Labute approximate surface area is 68.6 Å². The summed E-state index contributed by atoms with van der Waals surface area (Å²) in [5.74, 6) is 0.386. The molecule has 12 heavy (non-hydrogen) atoms. The van der Waals surface area contributed by atoms with Crippen LogP contribution in [0.2, 0.25) is 0 Å². The van der Waals surface area contributed by atoms with Crippen LogP contribution in [0.4, 0.5) is 0 Å². The number of carbonyl (C=O) groups excluding carboxylic acids is 1. The Morgan fingerprint density at radius 1 is 1.67 bits per heavy atom. The second-order valence-electron chi connectivity index (χ2n) is 2.50. The minimum absolute atomic E-state index is 0.0705. The Morgan fingerprint density at radius 3 is 2.75 bits per heavy atom. The molecule has 6 heteroatoms. The van der Waals surface area contributed by atoms with E-state index in [-0.39, 0.29) is 11.6 Å². The summed E-state index contributed by atoms with van der Waals surface area (Å²) < 4.78 is 0. The van der Waals surface area contributed by atoms with Crippen LogP contribution in [-0.4, -0.2) is 33.0 Å². The lowest BCUT2D eigenvalue weighted by molar-refractivity contribution is -0.128. The molecule has 0 unspecified atom stereocenters. The predicted octanol–water partition coefficient (Wildman–Crippen LogP) is -0.924. The molecule has 0 fully saturated rings. The minimum Gasteiger partial charge on any atom is -0.338 e. The molecule has 66 valence electrons. The molecule has 0 radical (unpaired) electrons. The van der Waals surface area contributed by atoms with Crippen LogP contribution in [0.5, 0.6) is 0 Å². The van der Waals surface area contributed by atoms with Crippen molar-refractivity contribution in [3.8, 4) is 0 Å². The molecular formula is C6H10N4O2. The number of nitrogens with zero attached hydrogens (tertiary/aromatic N) is 2. The minimum atomic E-state index is -0.359. The van der Waals surface area contributed by atoms with Crippen LogP contribution in [0.1, 0.15) is 12.7 Å². The van der Waals surface area contributed by atoms with Crippen molar-refractivity contribution >= 4 is 5.91 Å². The molecule has 1 heterocycles. The van der Waals surface area contributed by atoms with Gasteiger partial charge in [0.25, 0.3) is 0 Å². The summed E-state index contributed by atoms with van der Waals surface area (Å²) in [5, 5.41) is 5.87. The van der Waals surface area contributed by atoms with Gasteiger partial charge in [-0.15, -0.1) is 0 Å². The quantitative estimate of drug-likeness (QED) is 0.602. The molecule has 2 N–H and O–H groups in total. The van der Waals surface area contributed by atoms with Crippen LogP contribution in [0.3, 0.4) is 0 Å². The fourth-order valence-corrected chi connectivity index (χ4v) is 0.716. The maximum Gasteiger partial charge on any atom is 0.340 e. The number of hydrogen-bond acceptors (Lipinski definition) is 3. The molecule has 6 nitrogen and oxygen atoms in total. The van der Waals surface area contributed by atoms with Crippen LogP contribution in [0.15, 0.2) is 4.79 Å². The van der Waals surface area contributed by atoms with Gasteiger partial charge in [-0.1, -0.05) is 0 Å². The lowest BCUT2D eigenvalue weighted by Crippen LogP contribution is -2.23. The lowest BCUT2D eigenvalue weighted by atomic mass is 10.5. The van der Waals surface area contributed by atoms with Gasteiger partial charge in [-0.3, -0.25) is 9.78 Å². The Morgan fingerprint density at radius 2 is 2.33 bits per heavy atom. The van der Waals surface area contributed by atoms with Gasteiger partial charge in [0.05, 0.1) is 6.54 Å². The van der Waals surface area contributed by atoms with Gasteiger partial charge in [0.1, 0.15) is 0 Å². The standard InChI is InChI=1S/C6H10N4O2/c1-4(11)10(2)3-5-7-6(12)9-8-5/h3H2,1-2H3,(H2,7,8,9,12). The zero-order valence-electron chi connectivity index (χ0n) is 6.92. The number of aromatic amines is 2. The van der Waals surface area contributed by atoms with Crippen molar-refractivity contribution in [3.05, 3.63) is 16.3 Å². The van der Waals surface area contributed by atoms with E-state index < -0.39 is 0 Å². The summed E-state index contributed by atoms with van der Waals surface area (Å²) in [7, 11) is 1.63. The maximum atomic E-state index is 10.8. The zero-order chi connectivity index (χ0) is 9.14. The average Bonchev–Trinajstić information content (AvgIpc) is 2.35. The van der Waals surface area contributed by atoms with Gasteiger partial charge in [-0.2, -0.15) is 5.10 Å². The second-order valence-corrected chi connectivity index (χ2v) is 2.50. The van der Waals surface area contributed by atoms with E-state index in [1.165, 1.54) is 11.8 Å². The van der Waals surface area contributed by atoms with Crippen molar-refractivity contribution in [1.29, 1.82) is 0 Å². The number of H-pyrrole nitrogens is 2. The van der Waals surface area contributed by atoms with Crippen molar-refractivity contribution in [1.82, 2.24) is 20.1 Å². The Balaban J connectivity index is 2.64. The SMILES string of the molecule is CC(=O)N(C)Cc1n[nH]c(=O)[nH]1. The van der Waals surface area contributed by atoms with Gasteiger partial charge >= 0.3 is 5.69 Å². The highest BCUT2D eigenvalue weighted by Gasteiger charge is 2.05. The van der Waals surface area contributed by atoms with Crippen molar-refractivity contribution in [3.63, 3.8) is 0 Å². The van der Waals surface area contributed by atoms with E-state index in [2.05, 4.69) is 15.2 Å². The monoisotopic (exact) mass is 170 g/mol. The zero-order valence-corrected chi connectivity index (χ0v) is 6.92. The third-order valence-electron chi connectivity index (χ3n) is 1.47. The molecule has 0 aliphatic rings. The molecule has 0 bridgehead atoms. The summed E-state index contributed by atoms with van der Waals surface area (Å²) in [6.07, 6.45) is 0. The van der Waals surface area contributed by atoms with Crippen LogP contribution in [-0.2, 0) is 11.3 Å². The molecule has 1 aromatic heterocycles. The van der Waals surface area contributed by atoms with Crippen LogP contribution in [0, 0.1) is 0 Å². The van der Waals surface area contributed by atoms with Gasteiger partial charge in [0.2, 0.25) is 5.91 Å². The topological polar surface area (TPSA) is 81.8 Å². The Bertz CT molecular complexity index is 326. The van der Waals surface area contributed by atoms with E-state index in [4.69, 9.17) is 0 Å². The fraction of sp³-hybridized carbons (Fsp3) is 0.500. The van der Waals surface area contributed by atoms with Crippen LogP contribution < -0.4 is 5.69 Å². The van der Waals surface area contributed by atoms with Gasteiger partial charge in [0, 0.05) is 14.0 Å². The molecule has 1 rings (SSSR count). The van der Waals surface area contributed by atoms with Gasteiger partial charge in [-0.25, -0.2) is 9.89 Å². The average molecular weight is 170 g/mol. The van der Waals surface area contributed by atoms with Crippen molar-refractivity contribution < 1.29 is 4.79 Å². The third kappa shape index (κ3) is 1.94. The third-order valence-corrected chi connectivity index (χ3v) is 1.47. The summed E-state index contributed by atoms with van der Waals surface area (Å²) in [4.78, 5) is 25.2. The van der Waals surface area contributed by atoms with Crippen molar-refractivity contribution in [2.75, 3.05) is 7.05 Å². The number of amides is 1. The van der Waals surface area contributed by atoms with E-state index in [0.29, 0.717) is 12.4 Å². The van der Waals surface area contributed by atoms with Gasteiger partial charge < -0.3 is 4.90 Å². The first-order chi connectivity index (χ1) is 5.59. The first-order valence-corrected chi connectivity index (χ1v) is 3.45. The highest BCUT2D eigenvalue weighted by Crippen LogP contribution is 1.91. The number of carbonyl (C=O) groups is 1. The molecule has 0 atom stereocenters. The molecule has 0 saturated heterocycles. The highest BCUT2D eigenvalue weighted by atomic mass is 16.2. The Kier molecular flexibility index (Phi) is 2.27. The first-order valence-electron chi connectivity index (χ1n) is 3.45. The molecule has 0 spiro atoms. The smallest absolute Gasteiger partial charge is 0.338 e. The number of aromatic nitrogens is 3. The Hall–Kier alpha value is -1.59. The fourth-order valence-electron chi connectivity index (χ4n) is 0.716. The summed E-state index contributed by atoms with van der Waals surface area (Å²) in [5.41, 5.74) is -0.359. The van der Waals surface area contributed by atoms with E-state index in [0.717, 1.165) is 0 Å². The summed E-state index contributed by atoms with van der Waals surface area (Å²) >= 11 is 0. The van der Waals surface area contributed by atoms with Crippen molar-refractivity contribution in [2.24, 2.45) is 0 Å². The summed E-state index contributed by atoms with van der Waals surface area (Å²) in [6.45, 7) is 1.76. The first kappa shape index (κ1) is 8.51. The normalized spacial score (nSPS) is 9.83. The second kappa shape index (κ2) is 3.21. The van der Waals surface area contributed by atoms with E-state index in [1.807, 2.05) is 0 Å². The number of rotatable bonds is 2. The highest BCUT2D eigenvalue weighted by molar-refractivity contribution is 5.72. The molecule has 0 aliphatic carbocycles. The molecular weight excluding hydrogens is 160 g/mol. The molecule has 1 aromatic rings. The maximum absolute atomic E-state index is 10.8. The van der Waals surface area contributed by atoms with E-state index in [1.54, 1.807) is 7.05 Å². The van der Waals surface area contributed by atoms with Crippen LogP contribution >= 0.6 is 0 Å². The van der Waals surface area contributed by atoms with Crippen molar-refractivity contribution in [2.45, 2.75) is 13.5 Å². The lowest BCUT2D eigenvalue weighted by Gasteiger charge is -2.11. The summed E-state index contributed by atoms with van der Waals surface area (Å²) in [6, 6.07) is 0. The molecule has 1 amide bonds. The van der Waals surface area contributed by atoms with Crippen LogP contribution in [0.25, 0.3) is 0 Å². The van der Waals surface area contributed by atoms with Gasteiger partial charge in [-0.05, 0) is 0 Å². The molecule has 0 saturated carbocycles. The number of hydrogen-bond donors (Lipinski definition) is 2. The van der Waals surface area contributed by atoms with E-state index in [9.17, 15) is 9.59 Å². The predicted molar refractivity (Wildman–Crippen MR) is 41.4 cm³/mol. The van der Waals surface area contributed by atoms with E-state index >= 15 is 0 Å². The van der Waals surface area contributed by atoms with Gasteiger partial charge in [0.15, 0.2) is 5.82 Å².